The van der Waals surface area contributed by atoms with Crippen LogP contribution >= 0.6 is 0 Å². The van der Waals surface area contributed by atoms with Crippen LogP contribution in [-0.2, 0) is 6.54 Å². The lowest BCUT2D eigenvalue weighted by Crippen LogP contribution is -3.00. The molecule has 0 fully saturated rings. The first kappa shape index (κ1) is 18.2. The lowest BCUT2D eigenvalue weighted by atomic mass is 10.1. The molecule has 0 amide bonds. The number of ether oxygens (including phenoxy) is 2. The molecule has 0 aliphatic carbocycles. The van der Waals surface area contributed by atoms with Crippen LogP contribution in [0.2, 0.25) is 0 Å². The van der Waals surface area contributed by atoms with Gasteiger partial charge in [-0.2, -0.15) is 4.57 Å². The molecule has 3 nitrogen and oxygen atoms in total. The minimum Gasteiger partial charge on any atom is -1.00 e. The van der Waals surface area contributed by atoms with Crippen molar-refractivity contribution >= 4 is 12.2 Å². The maximum absolute atomic E-state index is 5.31. The van der Waals surface area contributed by atoms with E-state index >= 15 is 0 Å². The van der Waals surface area contributed by atoms with Crippen LogP contribution in [0.5, 0.6) is 11.5 Å². The van der Waals surface area contributed by atoms with Crippen molar-refractivity contribution in [2.75, 3.05) is 14.2 Å². The zero-order valence-electron chi connectivity index (χ0n) is 12.8. The predicted octanol–water partition coefficient (Wildman–Crippen LogP) is 0.352. The molecule has 1 heterocycles. The third-order valence-electron chi connectivity index (χ3n) is 3.16. The molecule has 0 bridgehead atoms. The summed E-state index contributed by atoms with van der Waals surface area (Å²) in [5, 5.41) is 0. The fourth-order valence-electron chi connectivity index (χ4n) is 2.08. The molecule has 0 radical (unpaired) electrons. The van der Waals surface area contributed by atoms with Gasteiger partial charge in [-0.1, -0.05) is 12.6 Å². The molecule has 1 aromatic carbocycles. The zero-order valence-corrected chi connectivity index (χ0v) is 15.0. The SMILES string of the molecule is C=CC[n+]1ccccc1C=Cc1ccc(OC)c(OC)c1.[I-]. The molecule has 116 valence electrons. The topological polar surface area (TPSA) is 22.3 Å². The molecular weight excluding hydrogens is 389 g/mol. The lowest BCUT2D eigenvalue weighted by molar-refractivity contribution is -0.688. The summed E-state index contributed by atoms with van der Waals surface area (Å²) in [7, 11) is 3.27. The van der Waals surface area contributed by atoms with Crippen molar-refractivity contribution < 1.29 is 38.0 Å². The minimum atomic E-state index is 0. The Labute approximate surface area is 148 Å². The van der Waals surface area contributed by atoms with E-state index in [1.807, 2.05) is 42.6 Å². The molecular formula is C18H20INO2. The number of benzene rings is 1. The highest BCUT2D eigenvalue weighted by molar-refractivity contribution is 5.68. The number of pyridine rings is 1. The number of aromatic nitrogens is 1. The van der Waals surface area contributed by atoms with E-state index in [0.29, 0.717) is 0 Å². The van der Waals surface area contributed by atoms with Crippen LogP contribution in [0.25, 0.3) is 12.2 Å². The average Bonchev–Trinajstić information content (AvgIpc) is 2.54. The average molecular weight is 409 g/mol. The van der Waals surface area contributed by atoms with Crippen molar-refractivity contribution in [3.63, 3.8) is 0 Å². The van der Waals surface area contributed by atoms with E-state index in [1.54, 1.807) is 14.2 Å². The second-order valence-electron chi connectivity index (χ2n) is 4.51. The van der Waals surface area contributed by atoms with Gasteiger partial charge in [-0.25, -0.2) is 0 Å². The molecule has 2 aromatic rings. The van der Waals surface area contributed by atoms with Gasteiger partial charge in [0.05, 0.1) is 14.2 Å². The van der Waals surface area contributed by atoms with Crippen molar-refractivity contribution in [2.45, 2.75) is 6.54 Å². The molecule has 0 saturated heterocycles. The number of halogens is 1. The van der Waals surface area contributed by atoms with Gasteiger partial charge in [-0.3, -0.25) is 0 Å². The highest BCUT2D eigenvalue weighted by atomic mass is 127. The van der Waals surface area contributed by atoms with Gasteiger partial charge in [-0.05, 0) is 35.9 Å². The van der Waals surface area contributed by atoms with Crippen molar-refractivity contribution in [1.29, 1.82) is 0 Å². The zero-order chi connectivity index (χ0) is 15.1. The Morgan fingerprint density at radius 1 is 1.05 bits per heavy atom. The molecule has 0 aliphatic heterocycles. The summed E-state index contributed by atoms with van der Waals surface area (Å²) < 4.78 is 12.7. The third-order valence-corrected chi connectivity index (χ3v) is 3.16. The van der Waals surface area contributed by atoms with Crippen LogP contribution in [0.1, 0.15) is 11.3 Å². The summed E-state index contributed by atoms with van der Waals surface area (Å²) in [6.07, 6.45) is 8.05. The van der Waals surface area contributed by atoms with E-state index in [4.69, 9.17) is 9.47 Å². The van der Waals surface area contributed by atoms with Crippen molar-refractivity contribution in [2.24, 2.45) is 0 Å². The Morgan fingerprint density at radius 2 is 1.82 bits per heavy atom. The second-order valence-corrected chi connectivity index (χ2v) is 4.51. The Balaban J connectivity index is 0.00000242. The second kappa shape index (κ2) is 9.25. The maximum Gasteiger partial charge on any atom is 0.205 e. The Kier molecular flexibility index (Phi) is 7.66. The van der Waals surface area contributed by atoms with Gasteiger partial charge < -0.3 is 33.5 Å². The molecule has 0 saturated carbocycles. The van der Waals surface area contributed by atoms with Crippen LogP contribution in [0.3, 0.4) is 0 Å². The van der Waals surface area contributed by atoms with Gasteiger partial charge in [0, 0.05) is 18.2 Å². The van der Waals surface area contributed by atoms with Crippen LogP contribution in [-0.4, -0.2) is 14.2 Å². The first-order valence-electron chi connectivity index (χ1n) is 6.78. The van der Waals surface area contributed by atoms with Crippen LogP contribution in [0.4, 0.5) is 0 Å². The first-order valence-corrected chi connectivity index (χ1v) is 6.78. The summed E-state index contributed by atoms with van der Waals surface area (Å²) in [5.41, 5.74) is 2.17. The highest BCUT2D eigenvalue weighted by Crippen LogP contribution is 2.28. The van der Waals surface area contributed by atoms with Crippen LogP contribution in [0.15, 0.2) is 55.3 Å². The largest absolute Gasteiger partial charge is 1.00 e. The van der Waals surface area contributed by atoms with E-state index in [2.05, 4.69) is 29.4 Å². The smallest absolute Gasteiger partial charge is 0.205 e. The van der Waals surface area contributed by atoms with Crippen molar-refractivity contribution in [3.8, 4) is 11.5 Å². The van der Waals surface area contributed by atoms with Gasteiger partial charge in [-0.15, -0.1) is 0 Å². The molecule has 0 atom stereocenters. The number of nitrogens with zero attached hydrogens (tertiary/aromatic N) is 1. The summed E-state index contributed by atoms with van der Waals surface area (Å²) >= 11 is 0. The quantitative estimate of drug-likeness (QED) is 0.391. The Hall–Kier alpha value is -1.82. The van der Waals surface area contributed by atoms with E-state index in [-0.39, 0.29) is 24.0 Å². The van der Waals surface area contributed by atoms with E-state index < -0.39 is 0 Å². The van der Waals surface area contributed by atoms with Gasteiger partial charge in [0.15, 0.2) is 24.2 Å². The Morgan fingerprint density at radius 3 is 2.50 bits per heavy atom. The van der Waals surface area contributed by atoms with Crippen LogP contribution < -0.4 is 38.0 Å². The summed E-state index contributed by atoms with van der Waals surface area (Å²) in [6, 6.07) is 12.0. The van der Waals surface area contributed by atoms with Crippen molar-refractivity contribution in [1.82, 2.24) is 0 Å². The van der Waals surface area contributed by atoms with Gasteiger partial charge in [0.2, 0.25) is 5.69 Å². The number of hydrogen-bond donors (Lipinski definition) is 0. The maximum atomic E-state index is 5.31. The van der Waals surface area contributed by atoms with Gasteiger partial charge >= 0.3 is 0 Å². The molecule has 22 heavy (non-hydrogen) atoms. The van der Waals surface area contributed by atoms with Crippen molar-refractivity contribution in [3.05, 3.63) is 66.5 Å². The molecule has 1 aromatic heterocycles. The predicted molar refractivity (Wildman–Crippen MR) is 85.3 cm³/mol. The molecule has 0 aliphatic rings. The molecule has 2 rings (SSSR count). The lowest BCUT2D eigenvalue weighted by Gasteiger charge is -2.07. The standard InChI is InChI=1S/C18H20NO2.HI/c1-4-12-19-13-6-5-7-16(19)10-8-15-9-11-17(20-2)18(14-15)21-3;/h4-11,13-14H,1,12H2,2-3H3;1H/q+1;/p-1. The third kappa shape index (κ3) is 4.59. The fourth-order valence-corrected chi connectivity index (χ4v) is 2.08. The molecule has 0 N–H and O–H groups in total. The minimum absolute atomic E-state index is 0. The number of methoxy groups -OCH3 is 2. The van der Waals surface area contributed by atoms with E-state index in [1.165, 1.54) is 0 Å². The molecule has 0 spiro atoms. The van der Waals surface area contributed by atoms with E-state index in [9.17, 15) is 0 Å². The summed E-state index contributed by atoms with van der Waals surface area (Å²) in [5.74, 6) is 1.46. The Bertz CT molecular complexity index is 653. The summed E-state index contributed by atoms with van der Waals surface area (Å²) in [4.78, 5) is 0. The van der Waals surface area contributed by atoms with Gasteiger partial charge in [0.25, 0.3) is 0 Å². The normalized spacial score (nSPS) is 10.1. The number of rotatable bonds is 6. The molecule has 0 unspecified atom stereocenters. The monoisotopic (exact) mass is 409 g/mol. The van der Waals surface area contributed by atoms with Gasteiger partial charge in [0.1, 0.15) is 0 Å². The first-order chi connectivity index (χ1) is 10.3. The highest BCUT2D eigenvalue weighted by Gasteiger charge is 2.05. The summed E-state index contributed by atoms with van der Waals surface area (Å²) in [6.45, 7) is 4.57. The number of allylic oxidation sites excluding steroid dienone is 1. The number of hydrogen-bond acceptors (Lipinski definition) is 2. The van der Waals surface area contributed by atoms with Crippen LogP contribution in [0, 0.1) is 0 Å². The van der Waals surface area contributed by atoms with E-state index in [0.717, 1.165) is 29.3 Å². The fraction of sp³-hybridized carbons (Fsp3) is 0.167. The molecule has 4 heteroatoms.